The van der Waals surface area contributed by atoms with E-state index in [1.54, 1.807) is 0 Å². The lowest BCUT2D eigenvalue weighted by atomic mass is 9.96. The quantitative estimate of drug-likeness (QED) is 0.916. The SMILES string of the molecule is CCC1CN(C)CCCN1C(c1ccccc1)C(C)N. The maximum Gasteiger partial charge on any atom is 0.0499 e. The predicted octanol–water partition coefficient (Wildman–Crippen LogP) is 2.49. The van der Waals surface area contributed by atoms with Gasteiger partial charge in [0.15, 0.2) is 0 Å². The van der Waals surface area contributed by atoms with E-state index in [-0.39, 0.29) is 6.04 Å². The van der Waals surface area contributed by atoms with E-state index in [4.69, 9.17) is 5.73 Å². The molecule has 2 rings (SSSR count). The molecule has 1 saturated heterocycles. The molecule has 0 saturated carbocycles. The Morgan fingerprint density at radius 3 is 2.55 bits per heavy atom. The molecular weight excluding hydrogens is 246 g/mol. The molecule has 20 heavy (non-hydrogen) atoms. The summed E-state index contributed by atoms with van der Waals surface area (Å²) >= 11 is 0. The Hall–Kier alpha value is -0.900. The smallest absolute Gasteiger partial charge is 0.0499 e. The lowest BCUT2D eigenvalue weighted by molar-refractivity contribution is 0.113. The van der Waals surface area contributed by atoms with Crippen LogP contribution >= 0.6 is 0 Å². The molecule has 1 aromatic carbocycles. The van der Waals surface area contributed by atoms with E-state index < -0.39 is 0 Å². The minimum Gasteiger partial charge on any atom is -0.326 e. The standard InChI is InChI=1S/C17H29N3/c1-4-16-13-19(3)11-8-12-20(16)17(14(2)18)15-9-6-5-7-10-15/h5-7,9-10,14,16-17H,4,8,11-13,18H2,1-3H3. The maximum absolute atomic E-state index is 6.35. The third kappa shape index (κ3) is 3.60. The van der Waals surface area contributed by atoms with Crippen LogP contribution in [0.2, 0.25) is 0 Å². The highest BCUT2D eigenvalue weighted by Crippen LogP contribution is 2.28. The Labute approximate surface area is 123 Å². The van der Waals surface area contributed by atoms with Crippen molar-refractivity contribution < 1.29 is 0 Å². The predicted molar refractivity (Wildman–Crippen MR) is 85.7 cm³/mol. The lowest BCUT2D eigenvalue weighted by Gasteiger charge is -2.39. The van der Waals surface area contributed by atoms with E-state index in [1.165, 1.54) is 24.9 Å². The van der Waals surface area contributed by atoms with Crippen LogP contribution in [-0.2, 0) is 0 Å². The van der Waals surface area contributed by atoms with Crippen molar-refractivity contribution in [2.45, 2.75) is 44.8 Å². The van der Waals surface area contributed by atoms with Gasteiger partial charge in [-0.3, -0.25) is 4.90 Å². The molecule has 2 N–H and O–H groups in total. The van der Waals surface area contributed by atoms with Crippen LogP contribution in [0.25, 0.3) is 0 Å². The van der Waals surface area contributed by atoms with Crippen molar-refractivity contribution in [1.82, 2.24) is 9.80 Å². The fourth-order valence-corrected chi connectivity index (χ4v) is 3.44. The highest BCUT2D eigenvalue weighted by molar-refractivity contribution is 5.21. The summed E-state index contributed by atoms with van der Waals surface area (Å²) in [4.78, 5) is 5.10. The molecule has 1 heterocycles. The van der Waals surface area contributed by atoms with Crippen LogP contribution in [0.3, 0.4) is 0 Å². The highest BCUT2D eigenvalue weighted by Gasteiger charge is 2.31. The van der Waals surface area contributed by atoms with Gasteiger partial charge in [0, 0.05) is 31.2 Å². The van der Waals surface area contributed by atoms with Gasteiger partial charge in [0.05, 0.1) is 0 Å². The molecule has 3 atom stereocenters. The summed E-state index contributed by atoms with van der Waals surface area (Å²) in [6.07, 6.45) is 2.41. The summed E-state index contributed by atoms with van der Waals surface area (Å²) in [5.41, 5.74) is 7.70. The molecule has 0 aromatic heterocycles. The van der Waals surface area contributed by atoms with Crippen LogP contribution in [0, 0.1) is 0 Å². The summed E-state index contributed by atoms with van der Waals surface area (Å²) < 4.78 is 0. The van der Waals surface area contributed by atoms with Gasteiger partial charge in [-0.15, -0.1) is 0 Å². The third-order valence-electron chi connectivity index (χ3n) is 4.42. The molecule has 0 aliphatic carbocycles. The summed E-state index contributed by atoms with van der Waals surface area (Å²) in [5, 5.41) is 0. The largest absolute Gasteiger partial charge is 0.326 e. The normalized spacial score (nSPS) is 25.1. The van der Waals surface area contributed by atoms with E-state index in [0.29, 0.717) is 12.1 Å². The van der Waals surface area contributed by atoms with E-state index in [2.05, 4.69) is 61.0 Å². The number of benzene rings is 1. The summed E-state index contributed by atoms with van der Waals surface area (Å²) in [6.45, 7) is 7.91. The Morgan fingerprint density at radius 1 is 1.25 bits per heavy atom. The Bertz CT molecular complexity index is 390. The lowest BCUT2D eigenvalue weighted by Crippen LogP contribution is -2.47. The van der Waals surface area contributed by atoms with Crippen LogP contribution in [0.15, 0.2) is 30.3 Å². The van der Waals surface area contributed by atoms with Crippen molar-refractivity contribution >= 4 is 0 Å². The number of likely N-dealkylation sites (N-methyl/N-ethyl adjacent to an activating group) is 1. The Morgan fingerprint density at radius 2 is 1.95 bits per heavy atom. The van der Waals surface area contributed by atoms with E-state index >= 15 is 0 Å². The second-order valence-electron chi connectivity index (χ2n) is 6.13. The highest BCUT2D eigenvalue weighted by atomic mass is 15.3. The van der Waals surface area contributed by atoms with Crippen molar-refractivity contribution in [3.05, 3.63) is 35.9 Å². The van der Waals surface area contributed by atoms with Crippen LogP contribution in [0.1, 0.15) is 38.3 Å². The topological polar surface area (TPSA) is 32.5 Å². The molecule has 0 radical (unpaired) electrons. The molecule has 0 amide bonds. The van der Waals surface area contributed by atoms with Gasteiger partial charge in [-0.1, -0.05) is 37.3 Å². The molecule has 0 spiro atoms. The first-order valence-electron chi connectivity index (χ1n) is 7.88. The first kappa shape index (κ1) is 15.5. The molecule has 1 aromatic rings. The van der Waals surface area contributed by atoms with Gasteiger partial charge < -0.3 is 10.6 Å². The zero-order chi connectivity index (χ0) is 14.5. The number of nitrogens with two attached hydrogens (primary N) is 1. The monoisotopic (exact) mass is 275 g/mol. The zero-order valence-corrected chi connectivity index (χ0v) is 13.1. The summed E-state index contributed by atoms with van der Waals surface area (Å²) in [7, 11) is 2.23. The summed E-state index contributed by atoms with van der Waals surface area (Å²) in [5.74, 6) is 0. The molecule has 1 aliphatic heterocycles. The van der Waals surface area contributed by atoms with Gasteiger partial charge in [-0.2, -0.15) is 0 Å². The molecule has 1 aliphatic rings. The molecule has 3 nitrogen and oxygen atoms in total. The van der Waals surface area contributed by atoms with Crippen LogP contribution in [-0.4, -0.2) is 48.6 Å². The molecule has 3 heteroatoms. The third-order valence-corrected chi connectivity index (χ3v) is 4.42. The maximum atomic E-state index is 6.35. The Kier molecular flexibility index (Phi) is 5.58. The van der Waals surface area contributed by atoms with Gasteiger partial charge in [0.2, 0.25) is 0 Å². The molecular formula is C17H29N3. The average Bonchev–Trinajstić information content (AvgIpc) is 2.62. The van der Waals surface area contributed by atoms with Gasteiger partial charge in [-0.05, 0) is 38.9 Å². The van der Waals surface area contributed by atoms with E-state index in [9.17, 15) is 0 Å². The van der Waals surface area contributed by atoms with Crippen molar-refractivity contribution in [3.8, 4) is 0 Å². The van der Waals surface area contributed by atoms with Crippen LogP contribution < -0.4 is 5.73 Å². The second-order valence-corrected chi connectivity index (χ2v) is 6.13. The minimum absolute atomic E-state index is 0.148. The van der Waals surface area contributed by atoms with Crippen LogP contribution in [0.5, 0.6) is 0 Å². The second kappa shape index (κ2) is 7.21. The molecule has 1 fully saturated rings. The first-order chi connectivity index (χ1) is 9.63. The number of hydrogen-bond donors (Lipinski definition) is 1. The fourth-order valence-electron chi connectivity index (χ4n) is 3.44. The number of nitrogens with zero attached hydrogens (tertiary/aromatic N) is 2. The molecule has 3 unspecified atom stereocenters. The van der Waals surface area contributed by atoms with Gasteiger partial charge in [0.25, 0.3) is 0 Å². The van der Waals surface area contributed by atoms with Crippen molar-refractivity contribution in [2.75, 3.05) is 26.7 Å². The summed E-state index contributed by atoms with van der Waals surface area (Å²) in [6, 6.07) is 11.8. The first-order valence-corrected chi connectivity index (χ1v) is 7.88. The number of hydrogen-bond acceptors (Lipinski definition) is 3. The van der Waals surface area contributed by atoms with E-state index in [1.807, 2.05) is 0 Å². The van der Waals surface area contributed by atoms with E-state index in [0.717, 1.165) is 13.1 Å². The fraction of sp³-hybridized carbons (Fsp3) is 0.647. The van der Waals surface area contributed by atoms with Crippen molar-refractivity contribution in [1.29, 1.82) is 0 Å². The van der Waals surface area contributed by atoms with Crippen molar-refractivity contribution in [2.24, 2.45) is 5.73 Å². The van der Waals surface area contributed by atoms with Gasteiger partial charge >= 0.3 is 0 Å². The van der Waals surface area contributed by atoms with Gasteiger partial charge in [-0.25, -0.2) is 0 Å². The van der Waals surface area contributed by atoms with Crippen molar-refractivity contribution in [3.63, 3.8) is 0 Å². The minimum atomic E-state index is 0.148. The number of rotatable bonds is 4. The van der Waals surface area contributed by atoms with Gasteiger partial charge in [0.1, 0.15) is 0 Å². The molecule has 112 valence electrons. The van der Waals surface area contributed by atoms with Crippen LogP contribution in [0.4, 0.5) is 0 Å². The molecule has 0 bridgehead atoms. The average molecular weight is 275 g/mol. The zero-order valence-electron chi connectivity index (χ0n) is 13.1. The Balaban J connectivity index is 2.27.